The van der Waals surface area contributed by atoms with Crippen molar-refractivity contribution in [3.63, 3.8) is 0 Å². The van der Waals surface area contributed by atoms with Gasteiger partial charge in [-0.15, -0.1) is 0 Å². The molecule has 0 atom stereocenters. The van der Waals surface area contributed by atoms with Crippen molar-refractivity contribution in [2.75, 3.05) is 6.26 Å². The van der Waals surface area contributed by atoms with Crippen LogP contribution in [0.25, 0.3) is 28.2 Å². The topological polar surface area (TPSA) is 80.6 Å². The van der Waals surface area contributed by atoms with Gasteiger partial charge in [0, 0.05) is 6.26 Å². The number of sulfone groups is 1. The largest absolute Gasteiger partial charge is 0.337 e. The van der Waals surface area contributed by atoms with Gasteiger partial charge in [-0.2, -0.15) is 5.10 Å². The predicted molar refractivity (Wildman–Crippen MR) is 96.7 cm³/mol. The summed E-state index contributed by atoms with van der Waals surface area (Å²) < 4.78 is 64.9. The maximum atomic E-state index is 13.9. The van der Waals surface area contributed by atoms with Crippen molar-refractivity contribution in [3.05, 3.63) is 60.0 Å². The Bertz CT molecular complexity index is 1280. The number of H-pyrrole nitrogens is 1. The number of aromatic amines is 1. The van der Waals surface area contributed by atoms with Crippen molar-refractivity contribution in [2.45, 2.75) is 11.3 Å². The van der Waals surface area contributed by atoms with Crippen LogP contribution in [0.5, 0.6) is 0 Å². The average Bonchev–Trinajstić information content (AvgIpc) is 3.26. The number of rotatable bonds is 4. The molecule has 0 bridgehead atoms. The predicted octanol–water partition coefficient (Wildman–Crippen LogP) is 3.90. The number of nitrogens with one attached hydrogen (secondary N) is 1. The molecule has 0 saturated heterocycles. The number of aromatic nitrogens is 4. The van der Waals surface area contributed by atoms with Crippen LogP contribution in [0.2, 0.25) is 0 Å². The van der Waals surface area contributed by atoms with Crippen LogP contribution in [-0.2, 0) is 9.84 Å². The van der Waals surface area contributed by atoms with Crippen LogP contribution in [0.1, 0.15) is 12.1 Å². The van der Waals surface area contributed by atoms with Gasteiger partial charge in [0.2, 0.25) is 0 Å². The lowest BCUT2D eigenvalue weighted by molar-refractivity contribution is 0.145. The van der Waals surface area contributed by atoms with Gasteiger partial charge >= 0.3 is 0 Å². The molecule has 0 saturated carbocycles. The first kappa shape index (κ1) is 18.2. The van der Waals surface area contributed by atoms with E-state index in [9.17, 15) is 21.6 Å². The van der Waals surface area contributed by atoms with E-state index in [0.717, 1.165) is 12.3 Å². The molecule has 0 aliphatic rings. The van der Waals surface area contributed by atoms with E-state index in [1.807, 2.05) is 0 Å². The van der Waals surface area contributed by atoms with Crippen LogP contribution >= 0.6 is 0 Å². The molecular weight excluding hydrogens is 393 g/mol. The van der Waals surface area contributed by atoms with Crippen molar-refractivity contribution in [1.82, 2.24) is 19.7 Å². The molecule has 28 heavy (non-hydrogen) atoms. The van der Waals surface area contributed by atoms with E-state index in [4.69, 9.17) is 0 Å². The number of para-hydroxylation sites is 1. The monoisotopic (exact) mass is 406 g/mol. The molecule has 0 spiro atoms. The molecule has 0 amide bonds. The smallest absolute Gasteiger partial charge is 0.282 e. The summed E-state index contributed by atoms with van der Waals surface area (Å²) in [6.07, 6.45) is -1.75. The van der Waals surface area contributed by atoms with Gasteiger partial charge in [-0.3, -0.25) is 0 Å². The molecule has 1 N–H and O–H groups in total. The molecule has 2 aromatic heterocycles. The number of imidazole rings is 1. The Morgan fingerprint density at radius 2 is 1.82 bits per heavy atom. The van der Waals surface area contributed by atoms with Crippen molar-refractivity contribution in [1.29, 1.82) is 0 Å². The fourth-order valence-electron chi connectivity index (χ4n) is 2.82. The van der Waals surface area contributed by atoms with Gasteiger partial charge in [-0.05, 0) is 42.5 Å². The first-order chi connectivity index (χ1) is 13.2. The van der Waals surface area contributed by atoms with E-state index in [1.54, 1.807) is 6.07 Å². The van der Waals surface area contributed by atoms with E-state index in [0.29, 0.717) is 11.2 Å². The van der Waals surface area contributed by atoms with Crippen LogP contribution in [-0.4, -0.2) is 34.4 Å². The summed E-state index contributed by atoms with van der Waals surface area (Å²) in [4.78, 5) is 7.15. The zero-order valence-corrected chi connectivity index (χ0v) is 15.2. The minimum absolute atomic E-state index is 0.0799. The lowest BCUT2D eigenvalue weighted by Crippen LogP contribution is -2.02. The Balaban J connectivity index is 1.89. The van der Waals surface area contributed by atoms with E-state index < -0.39 is 27.8 Å². The summed E-state index contributed by atoms with van der Waals surface area (Å²) in [5.41, 5.74) is 0.557. The third kappa shape index (κ3) is 3.15. The van der Waals surface area contributed by atoms with Crippen LogP contribution in [0, 0.1) is 5.82 Å². The Morgan fingerprint density at radius 1 is 1.11 bits per heavy atom. The molecular formula is C18H13F3N4O2S. The third-order valence-electron chi connectivity index (χ3n) is 4.17. The Labute approximate surface area is 157 Å². The van der Waals surface area contributed by atoms with Gasteiger partial charge in [0.1, 0.15) is 16.9 Å². The molecule has 0 aliphatic heterocycles. The summed E-state index contributed by atoms with van der Waals surface area (Å²) in [7, 11) is -3.40. The number of halogens is 3. The minimum atomic E-state index is -3.40. The van der Waals surface area contributed by atoms with Crippen molar-refractivity contribution >= 4 is 20.9 Å². The van der Waals surface area contributed by atoms with Crippen LogP contribution in [0.15, 0.2) is 53.4 Å². The average molecular weight is 406 g/mol. The van der Waals surface area contributed by atoms with Gasteiger partial charge in [0.15, 0.2) is 21.5 Å². The summed E-state index contributed by atoms with van der Waals surface area (Å²) >= 11 is 0. The molecule has 4 rings (SSSR count). The van der Waals surface area contributed by atoms with Gasteiger partial charge in [0.05, 0.1) is 16.1 Å². The molecule has 6 nitrogen and oxygen atoms in total. The Kier molecular flexibility index (Phi) is 4.22. The summed E-state index contributed by atoms with van der Waals surface area (Å²) in [5.74, 6) is -0.385. The van der Waals surface area contributed by atoms with Crippen LogP contribution in [0.3, 0.4) is 0 Å². The van der Waals surface area contributed by atoms with Gasteiger partial charge in [-0.25, -0.2) is 31.3 Å². The number of hydrogen-bond donors (Lipinski definition) is 1. The molecule has 4 aromatic rings. The molecule has 10 heteroatoms. The standard InChI is InChI=1S/C18H13F3N4O2S/c1-28(26,27)11-7-5-10(6-8-11)25-15(9-14(24-25)17(20)21)18-22-13-4-2-3-12(19)16(13)23-18/h2-9,17H,1H3,(H,22,23). The van der Waals surface area contributed by atoms with E-state index in [2.05, 4.69) is 15.1 Å². The zero-order valence-electron chi connectivity index (χ0n) is 14.4. The highest BCUT2D eigenvalue weighted by atomic mass is 32.2. The molecule has 0 fully saturated rings. The SMILES string of the molecule is CS(=O)(=O)c1ccc(-n2nc(C(F)F)cc2-c2nc3c(F)cccc3[nH]2)cc1. The lowest BCUT2D eigenvalue weighted by atomic mass is 10.3. The van der Waals surface area contributed by atoms with Gasteiger partial charge in [0.25, 0.3) is 6.43 Å². The number of alkyl halides is 2. The second-order valence-electron chi connectivity index (χ2n) is 6.15. The Hall–Kier alpha value is -3.14. The van der Waals surface area contributed by atoms with Crippen molar-refractivity contribution in [3.8, 4) is 17.2 Å². The fourth-order valence-corrected chi connectivity index (χ4v) is 3.46. The normalized spacial score (nSPS) is 12.2. The van der Waals surface area contributed by atoms with E-state index in [1.165, 1.54) is 41.1 Å². The molecule has 144 valence electrons. The van der Waals surface area contributed by atoms with Crippen molar-refractivity contribution < 1.29 is 21.6 Å². The highest BCUT2D eigenvalue weighted by molar-refractivity contribution is 7.90. The third-order valence-corrected chi connectivity index (χ3v) is 5.30. The Morgan fingerprint density at radius 3 is 2.43 bits per heavy atom. The van der Waals surface area contributed by atoms with E-state index in [-0.39, 0.29) is 21.9 Å². The van der Waals surface area contributed by atoms with Crippen LogP contribution < -0.4 is 0 Å². The first-order valence-corrected chi connectivity index (χ1v) is 9.96. The molecule has 0 radical (unpaired) electrons. The molecule has 0 unspecified atom stereocenters. The highest BCUT2D eigenvalue weighted by Crippen LogP contribution is 2.29. The van der Waals surface area contributed by atoms with E-state index >= 15 is 0 Å². The molecule has 0 aliphatic carbocycles. The second-order valence-corrected chi connectivity index (χ2v) is 8.17. The fraction of sp³-hybridized carbons (Fsp3) is 0.111. The number of benzene rings is 2. The maximum absolute atomic E-state index is 13.9. The summed E-state index contributed by atoms with van der Waals surface area (Å²) in [5, 5.41) is 3.90. The van der Waals surface area contributed by atoms with Gasteiger partial charge < -0.3 is 4.98 Å². The first-order valence-electron chi connectivity index (χ1n) is 8.07. The molecule has 2 heterocycles. The quantitative estimate of drug-likeness (QED) is 0.558. The number of fused-ring (bicyclic) bond motifs is 1. The van der Waals surface area contributed by atoms with Gasteiger partial charge in [-0.1, -0.05) is 6.07 Å². The number of hydrogen-bond acceptors (Lipinski definition) is 4. The maximum Gasteiger partial charge on any atom is 0.282 e. The zero-order chi connectivity index (χ0) is 20.1. The lowest BCUT2D eigenvalue weighted by Gasteiger charge is -2.06. The summed E-state index contributed by atoms with van der Waals surface area (Å²) in [6, 6.07) is 11.1. The van der Waals surface area contributed by atoms with Crippen LogP contribution in [0.4, 0.5) is 13.2 Å². The second kappa shape index (κ2) is 6.48. The van der Waals surface area contributed by atoms with Crippen molar-refractivity contribution in [2.24, 2.45) is 0 Å². The summed E-state index contributed by atoms with van der Waals surface area (Å²) in [6.45, 7) is 0. The molecule has 2 aromatic carbocycles. The minimum Gasteiger partial charge on any atom is -0.337 e. The highest BCUT2D eigenvalue weighted by Gasteiger charge is 2.21. The number of nitrogens with zero attached hydrogens (tertiary/aromatic N) is 3.